The predicted molar refractivity (Wildman–Crippen MR) is 77.1 cm³/mol. The highest BCUT2D eigenvalue weighted by molar-refractivity contribution is 5.79. The molecule has 0 aliphatic carbocycles. The molecule has 1 aromatic heterocycles. The fourth-order valence-corrected chi connectivity index (χ4v) is 1.79. The highest BCUT2D eigenvalue weighted by atomic mass is 16.4. The summed E-state index contributed by atoms with van der Waals surface area (Å²) in [6.07, 6.45) is 3.77. The van der Waals surface area contributed by atoms with Crippen LogP contribution in [0.1, 0.15) is 12.5 Å². The number of carboxylic acids is 1. The van der Waals surface area contributed by atoms with Gasteiger partial charge in [0, 0.05) is 18.9 Å². The number of carboxylic acid groups (broad SMARTS) is 1. The first-order valence-corrected chi connectivity index (χ1v) is 6.64. The molecule has 0 aliphatic heterocycles. The van der Waals surface area contributed by atoms with Crippen molar-refractivity contribution in [3.8, 4) is 5.69 Å². The van der Waals surface area contributed by atoms with Gasteiger partial charge < -0.3 is 10.4 Å². The second kappa shape index (κ2) is 6.69. The van der Waals surface area contributed by atoms with Gasteiger partial charge in [0.05, 0.1) is 18.0 Å². The molecule has 1 heterocycles. The Kier molecular flexibility index (Phi) is 4.71. The molecule has 6 heteroatoms. The summed E-state index contributed by atoms with van der Waals surface area (Å²) in [7, 11) is 0. The summed E-state index contributed by atoms with van der Waals surface area (Å²) in [6, 6.07) is 9.32. The number of aromatic nitrogens is 2. The van der Waals surface area contributed by atoms with E-state index in [1.54, 1.807) is 17.8 Å². The van der Waals surface area contributed by atoms with E-state index in [1.807, 2.05) is 36.5 Å². The maximum Gasteiger partial charge on any atom is 0.308 e. The maximum absolute atomic E-state index is 11.7. The summed E-state index contributed by atoms with van der Waals surface area (Å²) in [5, 5.41) is 15.5. The van der Waals surface area contributed by atoms with E-state index in [0.29, 0.717) is 0 Å². The summed E-state index contributed by atoms with van der Waals surface area (Å²) in [6.45, 7) is 1.70. The number of nitrogens with one attached hydrogen (secondary N) is 1. The number of rotatable bonds is 6. The van der Waals surface area contributed by atoms with Gasteiger partial charge in [-0.25, -0.2) is 4.68 Å². The van der Waals surface area contributed by atoms with Crippen LogP contribution in [0.5, 0.6) is 0 Å². The van der Waals surface area contributed by atoms with Crippen LogP contribution in [0.3, 0.4) is 0 Å². The molecule has 2 aromatic rings. The molecule has 2 N–H and O–H groups in total. The van der Waals surface area contributed by atoms with Gasteiger partial charge in [-0.05, 0) is 23.8 Å². The molecule has 21 heavy (non-hydrogen) atoms. The lowest BCUT2D eigenvalue weighted by Gasteiger charge is -2.09. The van der Waals surface area contributed by atoms with Gasteiger partial charge in [-0.15, -0.1) is 0 Å². The zero-order valence-corrected chi connectivity index (χ0v) is 11.7. The van der Waals surface area contributed by atoms with E-state index in [4.69, 9.17) is 5.11 Å². The van der Waals surface area contributed by atoms with Gasteiger partial charge in [0.25, 0.3) is 0 Å². The molecule has 0 fully saturated rings. The van der Waals surface area contributed by atoms with Gasteiger partial charge in [-0.1, -0.05) is 19.1 Å². The minimum atomic E-state index is -0.918. The zero-order chi connectivity index (χ0) is 15.2. The summed E-state index contributed by atoms with van der Waals surface area (Å²) in [5.74, 6) is -1.69. The van der Waals surface area contributed by atoms with E-state index in [2.05, 4.69) is 10.4 Å². The van der Waals surface area contributed by atoms with E-state index in [-0.39, 0.29) is 18.9 Å². The van der Waals surface area contributed by atoms with Crippen molar-refractivity contribution < 1.29 is 14.7 Å². The number of amides is 1. The van der Waals surface area contributed by atoms with Crippen molar-refractivity contribution in [3.63, 3.8) is 0 Å². The van der Waals surface area contributed by atoms with Gasteiger partial charge in [0.1, 0.15) is 0 Å². The lowest BCUT2D eigenvalue weighted by Crippen LogP contribution is -2.32. The first kappa shape index (κ1) is 14.8. The fourth-order valence-electron chi connectivity index (χ4n) is 1.79. The van der Waals surface area contributed by atoms with Crippen molar-refractivity contribution in [2.24, 2.45) is 5.92 Å². The molecule has 0 saturated heterocycles. The van der Waals surface area contributed by atoms with Crippen LogP contribution in [0.2, 0.25) is 0 Å². The lowest BCUT2D eigenvalue weighted by atomic mass is 10.1. The van der Waals surface area contributed by atoms with E-state index in [0.717, 1.165) is 11.3 Å². The third kappa shape index (κ3) is 4.17. The summed E-state index contributed by atoms with van der Waals surface area (Å²) < 4.78 is 1.73. The molecule has 0 radical (unpaired) electrons. The molecule has 1 amide bonds. The molecule has 110 valence electrons. The Labute approximate surface area is 122 Å². The van der Waals surface area contributed by atoms with Crippen molar-refractivity contribution in [1.82, 2.24) is 15.1 Å². The van der Waals surface area contributed by atoms with E-state index in [9.17, 15) is 9.59 Å². The molecule has 0 aliphatic rings. The maximum atomic E-state index is 11.7. The predicted octanol–water partition coefficient (Wildman–Crippen LogP) is 1.25. The number of hydrogen-bond donors (Lipinski definition) is 2. The normalized spacial score (nSPS) is 11.9. The molecule has 1 aromatic carbocycles. The number of hydrogen-bond acceptors (Lipinski definition) is 3. The summed E-state index contributed by atoms with van der Waals surface area (Å²) >= 11 is 0. The molecular formula is C15H17N3O3. The Bertz CT molecular complexity index is 606. The van der Waals surface area contributed by atoms with Crippen molar-refractivity contribution in [3.05, 3.63) is 48.3 Å². The minimum Gasteiger partial charge on any atom is -0.481 e. The Hall–Kier alpha value is -2.63. The standard InChI is InChI=1S/C15H17N3O3/c1-11(15(20)21)10-16-14(19)9-12-3-5-13(6-4-12)18-8-2-7-17-18/h2-8,11H,9-10H2,1H3,(H,16,19)(H,20,21). The van der Waals surface area contributed by atoms with Crippen molar-refractivity contribution in [1.29, 1.82) is 0 Å². The Morgan fingerprint density at radius 3 is 2.62 bits per heavy atom. The first-order chi connectivity index (χ1) is 10.1. The molecule has 0 saturated carbocycles. The second-order valence-electron chi connectivity index (χ2n) is 4.84. The quantitative estimate of drug-likeness (QED) is 0.837. The van der Waals surface area contributed by atoms with Crippen LogP contribution < -0.4 is 5.32 Å². The van der Waals surface area contributed by atoms with Crippen LogP contribution >= 0.6 is 0 Å². The molecule has 0 bridgehead atoms. The molecule has 1 atom stereocenters. The van der Waals surface area contributed by atoms with E-state index >= 15 is 0 Å². The fraction of sp³-hybridized carbons (Fsp3) is 0.267. The first-order valence-electron chi connectivity index (χ1n) is 6.64. The highest BCUT2D eigenvalue weighted by Gasteiger charge is 2.12. The average molecular weight is 287 g/mol. The van der Waals surface area contributed by atoms with E-state index in [1.165, 1.54) is 0 Å². The van der Waals surface area contributed by atoms with Crippen LogP contribution in [-0.2, 0) is 16.0 Å². The lowest BCUT2D eigenvalue weighted by molar-refractivity contribution is -0.141. The third-order valence-corrected chi connectivity index (χ3v) is 3.10. The second-order valence-corrected chi connectivity index (χ2v) is 4.84. The van der Waals surface area contributed by atoms with Crippen molar-refractivity contribution in [2.75, 3.05) is 6.54 Å². The van der Waals surface area contributed by atoms with Crippen LogP contribution in [0.25, 0.3) is 5.69 Å². The zero-order valence-electron chi connectivity index (χ0n) is 11.7. The monoisotopic (exact) mass is 287 g/mol. The SMILES string of the molecule is CC(CNC(=O)Cc1ccc(-n2cccn2)cc1)C(=O)O. The Morgan fingerprint density at radius 2 is 2.05 bits per heavy atom. The summed E-state index contributed by atoms with van der Waals surface area (Å²) in [4.78, 5) is 22.4. The highest BCUT2D eigenvalue weighted by Crippen LogP contribution is 2.09. The van der Waals surface area contributed by atoms with Crippen molar-refractivity contribution >= 4 is 11.9 Å². The molecular weight excluding hydrogens is 270 g/mol. The van der Waals surface area contributed by atoms with Gasteiger partial charge in [-0.2, -0.15) is 5.10 Å². The molecule has 2 rings (SSSR count). The van der Waals surface area contributed by atoms with E-state index < -0.39 is 11.9 Å². The van der Waals surface area contributed by atoms with Gasteiger partial charge in [0.2, 0.25) is 5.91 Å². The average Bonchev–Trinajstić information content (AvgIpc) is 2.99. The summed E-state index contributed by atoms with van der Waals surface area (Å²) in [5.41, 5.74) is 1.79. The third-order valence-electron chi connectivity index (χ3n) is 3.10. The largest absolute Gasteiger partial charge is 0.481 e. The topological polar surface area (TPSA) is 84.2 Å². The Balaban J connectivity index is 1.88. The number of aliphatic carboxylic acids is 1. The number of nitrogens with zero attached hydrogens (tertiary/aromatic N) is 2. The molecule has 6 nitrogen and oxygen atoms in total. The van der Waals surface area contributed by atoms with Gasteiger partial charge in [-0.3, -0.25) is 9.59 Å². The van der Waals surface area contributed by atoms with Gasteiger partial charge >= 0.3 is 5.97 Å². The number of carbonyl (C=O) groups is 2. The molecule has 1 unspecified atom stereocenters. The van der Waals surface area contributed by atoms with Crippen LogP contribution in [0, 0.1) is 5.92 Å². The Morgan fingerprint density at radius 1 is 1.33 bits per heavy atom. The number of benzene rings is 1. The van der Waals surface area contributed by atoms with Crippen LogP contribution in [0.15, 0.2) is 42.7 Å². The smallest absolute Gasteiger partial charge is 0.308 e. The van der Waals surface area contributed by atoms with Crippen LogP contribution in [-0.4, -0.2) is 33.3 Å². The van der Waals surface area contributed by atoms with Crippen LogP contribution in [0.4, 0.5) is 0 Å². The van der Waals surface area contributed by atoms with Crippen molar-refractivity contribution in [2.45, 2.75) is 13.3 Å². The minimum absolute atomic E-state index is 0.138. The molecule has 0 spiro atoms. The van der Waals surface area contributed by atoms with Gasteiger partial charge in [0.15, 0.2) is 0 Å². The number of carbonyl (C=O) groups excluding carboxylic acids is 1.